The third kappa shape index (κ3) is 4.64. The topological polar surface area (TPSA) is 44.3 Å². The zero-order valence-electron chi connectivity index (χ0n) is 11.1. The van der Waals surface area contributed by atoms with Crippen LogP contribution in [0.1, 0.15) is 5.56 Å². The smallest absolute Gasteiger partial charge is 0.171 e. The normalized spacial score (nSPS) is 11.7. The molecule has 3 N–H and O–H groups in total. The van der Waals surface area contributed by atoms with E-state index < -0.39 is 0 Å². The van der Waals surface area contributed by atoms with Gasteiger partial charge in [0.2, 0.25) is 0 Å². The molecule has 4 heteroatoms. The summed E-state index contributed by atoms with van der Waals surface area (Å²) >= 11 is 5.26. The van der Waals surface area contributed by atoms with Crippen molar-refractivity contribution in [1.29, 1.82) is 0 Å². The fourth-order valence-corrected chi connectivity index (χ4v) is 2.22. The lowest BCUT2D eigenvalue weighted by Gasteiger charge is -2.19. The quantitative estimate of drug-likeness (QED) is 0.739. The van der Waals surface area contributed by atoms with Gasteiger partial charge in [-0.3, -0.25) is 0 Å². The second-order valence-corrected chi connectivity index (χ2v) is 4.94. The van der Waals surface area contributed by atoms with E-state index in [0.717, 1.165) is 12.1 Å². The van der Waals surface area contributed by atoms with Gasteiger partial charge in [0.1, 0.15) is 0 Å². The molecule has 0 aliphatic rings. The fourth-order valence-electron chi connectivity index (χ4n) is 1.93. The van der Waals surface area contributed by atoms with E-state index in [0.29, 0.717) is 5.11 Å². The van der Waals surface area contributed by atoms with E-state index >= 15 is 0 Å². The summed E-state index contributed by atoms with van der Waals surface area (Å²) in [6.07, 6.45) is 0.730. The first kappa shape index (κ1) is 14.5. The van der Waals surface area contributed by atoms with Crippen molar-refractivity contribution in [2.45, 2.75) is 12.5 Å². The lowest BCUT2D eigenvalue weighted by molar-refractivity contribution is 0.255. The Morgan fingerprint density at radius 1 is 1.00 bits per heavy atom. The van der Waals surface area contributed by atoms with Crippen molar-refractivity contribution in [3.05, 3.63) is 66.2 Å². The van der Waals surface area contributed by atoms with Gasteiger partial charge in [0.05, 0.1) is 12.6 Å². The molecule has 0 spiro atoms. The molecule has 20 heavy (non-hydrogen) atoms. The summed E-state index contributed by atoms with van der Waals surface area (Å²) in [7, 11) is 0. The molecule has 0 radical (unpaired) electrons. The number of nitrogens with one attached hydrogen (secondary N) is 2. The number of thiocarbonyl (C=S) groups is 1. The van der Waals surface area contributed by atoms with E-state index in [-0.39, 0.29) is 12.6 Å². The summed E-state index contributed by atoms with van der Waals surface area (Å²) in [4.78, 5) is 0. The van der Waals surface area contributed by atoms with E-state index in [2.05, 4.69) is 10.6 Å². The van der Waals surface area contributed by atoms with Gasteiger partial charge in [0.15, 0.2) is 5.11 Å². The van der Waals surface area contributed by atoms with Gasteiger partial charge in [-0.1, -0.05) is 48.5 Å². The Morgan fingerprint density at radius 3 is 2.20 bits per heavy atom. The Kier molecular flexibility index (Phi) is 5.53. The highest BCUT2D eigenvalue weighted by atomic mass is 32.1. The molecule has 2 rings (SSSR count). The molecule has 0 aliphatic carbocycles. The van der Waals surface area contributed by atoms with E-state index in [4.69, 9.17) is 12.2 Å². The molecule has 0 fully saturated rings. The number of hydrogen-bond donors (Lipinski definition) is 3. The van der Waals surface area contributed by atoms with Crippen molar-refractivity contribution < 1.29 is 5.11 Å². The maximum absolute atomic E-state index is 9.45. The van der Waals surface area contributed by atoms with Gasteiger partial charge in [-0.2, -0.15) is 0 Å². The van der Waals surface area contributed by atoms with Crippen molar-refractivity contribution in [2.24, 2.45) is 0 Å². The first-order valence-electron chi connectivity index (χ1n) is 6.55. The summed E-state index contributed by atoms with van der Waals surface area (Å²) in [5.74, 6) is 0. The van der Waals surface area contributed by atoms with Gasteiger partial charge in [0, 0.05) is 5.69 Å². The van der Waals surface area contributed by atoms with Crippen molar-refractivity contribution in [2.75, 3.05) is 11.9 Å². The Morgan fingerprint density at radius 2 is 1.60 bits per heavy atom. The highest BCUT2D eigenvalue weighted by Crippen LogP contribution is 2.06. The molecule has 3 nitrogen and oxygen atoms in total. The number of aliphatic hydroxyl groups is 1. The Labute approximate surface area is 124 Å². The van der Waals surface area contributed by atoms with Crippen LogP contribution in [0.5, 0.6) is 0 Å². The Hall–Kier alpha value is -1.91. The summed E-state index contributed by atoms with van der Waals surface area (Å²) in [5, 5.41) is 16.2. The van der Waals surface area contributed by atoms with Crippen LogP contribution in [0.15, 0.2) is 60.7 Å². The third-order valence-corrected chi connectivity index (χ3v) is 3.13. The minimum atomic E-state index is -0.0962. The average molecular weight is 286 g/mol. The molecule has 1 atom stereocenters. The van der Waals surface area contributed by atoms with Crippen LogP contribution in [0.4, 0.5) is 5.69 Å². The van der Waals surface area contributed by atoms with Crippen LogP contribution >= 0.6 is 12.2 Å². The van der Waals surface area contributed by atoms with Crippen molar-refractivity contribution in [1.82, 2.24) is 5.32 Å². The summed E-state index contributed by atoms with van der Waals surface area (Å²) in [5.41, 5.74) is 2.10. The van der Waals surface area contributed by atoms with E-state index in [1.54, 1.807) is 0 Å². The SMILES string of the molecule is OC[C@@H](Cc1ccccc1)NC(=S)Nc1ccccc1. The fraction of sp³-hybridized carbons (Fsp3) is 0.188. The first-order valence-corrected chi connectivity index (χ1v) is 6.96. The Balaban J connectivity index is 1.88. The van der Waals surface area contributed by atoms with Crippen molar-refractivity contribution >= 4 is 23.0 Å². The van der Waals surface area contributed by atoms with Crippen LogP contribution in [-0.2, 0) is 6.42 Å². The van der Waals surface area contributed by atoms with Gasteiger partial charge < -0.3 is 15.7 Å². The third-order valence-electron chi connectivity index (χ3n) is 2.91. The predicted molar refractivity (Wildman–Crippen MR) is 86.8 cm³/mol. The van der Waals surface area contributed by atoms with E-state index in [9.17, 15) is 5.11 Å². The largest absolute Gasteiger partial charge is 0.394 e. The molecule has 0 unspecified atom stereocenters. The van der Waals surface area contributed by atoms with Gasteiger partial charge in [-0.25, -0.2) is 0 Å². The van der Waals surface area contributed by atoms with Crippen molar-refractivity contribution in [3.8, 4) is 0 Å². The van der Waals surface area contributed by atoms with E-state index in [1.807, 2.05) is 60.7 Å². The molecule has 0 aliphatic heterocycles. The molecule has 0 heterocycles. The molecular weight excluding hydrogens is 268 g/mol. The molecule has 2 aromatic carbocycles. The van der Waals surface area contributed by atoms with Gasteiger partial charge in [-0.15, -0.1) is 0 Å². The highest BCUT2D eigenvalue weighted by Gasteiger charge is 2.09. The molecule has 0 saturated carbocycles. The minimum Gasteiger partial charge on any atom is -0.394 e. The summed E-state index contributed by atoms with van der Waals surface area (Å²) in [6, 6.07) is 19.7. The summed E-state index contributed by atoms with van der Waals surface area (Å²) in [6.45, 7) is 0.0332. The second-order valence-electron chi connectivity index (χ2n) is 4.53. The molecule has 104 valence electrons. The molecular formula is C16H18N2OS. The maximum atomic E-state index is 9.45. The zero-order valence-corrected chi connectivity index (χ0v) is 11.9. The lowest BCUT2D eigenvalue weighted by Crippen LogP contribution is -2.41. The van der Waals surface area contributed by atoms with Gasteiger partial charge >= 0.3 is 0 Å². The standard InChI is InChI=1S/C16H18N2OS/c19-12-15(11-13-7-3-1-4-8-13)18-16(20)17-14-9-5-2-6-10-14/h1-10,15,19H,11-12H2,(H2,17,18,20)/t15-/m1/s1. The number of benzene rings is 2. The van der Waals surface area contributed by atoms with Gasteiger partial charge in [-0.05, 0) is 36.3 Å². The maximum Gasteiger partial charge on any atom is 0.171 e. The van der Waals surface area contributed by atoms with Crippen molar-refractivity contribution in [3.63, 3.8) is 0 Å². The minimum absolute atomic E-state index is 0.0332. The second kappa shape index (κ2) is 7.62. The Bertz CT molecular complexity index is 531. The van der Waals surface area contributed by atoms with Crippen LogP contribution in [-0.4, -0.2) is 22.9 Å². The zero-order chi connectivity index (χ0) is 14.2. The highest BCUT2D eigenvalue weighted by molar-refractivity contribution is 7.80. The molecule has 2 aromatic rings. The van der Waals surface area contributed by atoms with Crippen LogP contribution in [0, 0.1) is 0 Å². The van der Waals surface area contributed by atoms with Crippen LogP contribution in [0.2, 0.25) is 0 Å². The number of anilines is 1. The molecule has 0 amide bonds. The van der Waals surface area contributed by atoms with Crippen LogP contribution in [0.3, 0.4) is 0 Å². The van der Waals surface area contributed by atoms with E-state index in [1.165, 1.54) is 5.56 Å². The molecule has 0 aromatic heterocycles. The average Bonchev–Trinajstić information content (AvgIpc) is 2.48. The molecule has 0 saturated heterocycles. The summed E-state index contributed by atoms with van der Waals surface area (Å²) < 4.78 is 0. The lowest BCUT2D eigenvalue weighted by atomic mass is 10.1. The number of hydrogen-bond acceptors (Lipinski definition) is 2. The first-order chi connectivity index (χ1) is 9.78. The van der Waals surface area contributed by atoms with Gasteiger partial charge in [0.25, 0.3) is 0 Å². The van der Waals surface area contributed by atoms with Crippen LogP contribution < -0.4 is 10.6 Å². The number of para-hydroxylation sites is 1. The van der Waals surface area contributed by atoms with Crippen LogP contribution in [0.25, 0.3) is 0 Å². The number of aliphatic hydroxyl groups excluding tert-OH is 1. The molecule has 0 bridgehead atoms. The predicted octanol–water partition coefficient (Wildman–Crippen LogP) is 2.58. The monoisotopic (exact) mass is 286 g/mol. The number of rotatable bonds is 5.